The van der Waals surface area contributed by atoms with Gasteiger partial charge in [0.25, 0.3) is 5.91 Å². The number of benzene rings is 1. The highest BCUT2D eigenvalue weighted by molar-refractivity contribution is 14.1. The number of methoxy groups -OCH3 is 1. The monoisotopic (exact) mass is 446 g/mol. The second kappa shape index (κ2) is 8.37. The molecule has 0 saturated carbocycles. The topological polar surface area (TPSA) is 77.5 Å². The smallest absolute Gasteiger partial charge is 0.358 e. The van der Waals surface area contributed by atoms with Crippen molar-refractivity contribution in [1.29, 1.82) is 0 Å². The number of aromatic nitrogens is 1. The van der Waals surface area contributed by atoms with Crippen molar-refractivity contribution in [3.8, 4) is 0 Å². The number of hydrogen-bond donors (Lipinski definition) is 1. The Bertz CT molecular complexity index is 717. The maximum atomic E-state index is 11.9. The van der Waals surface area contributed by atoms with Gasteiger partial charge in [0.05, 0.1) is 6.61 Å². The first-order valence-corrected chi connectivity index (χ1v) is 8.62. The van der Waals surface area contributed by atoms with Crippen LogP contribution in [0.5, 0.6) is 0 Å². The van der Waals surface area contributed by atoms with Crippen LogP contribution in [0.3, 0.4) is 0 Å². The highest BCUT2D eigenvalue weighted by Gasteiger charge is 2.14. The molecule has 23 heavy (non-hydrogen) atoms. The summed E-state index contributed by atoms with van der Waals surface area (Å²) in [5.41, 5.74) is 1.82. The van der Waals surface area contributed by atoms with Crippen LogP contribution in [0.4, 0.5) is 5.69 Å². The summed E-state index contributed by atoms with van der Waals surface area (Å²) < 4.78 is 11.0. The molecule has 0 atom stereocenters. The highest BCUT2D eigenvalue weighted by Crippen LogP contribution is 2.17. The molecule has 0 spiro atoms. The largest absolute Gasteiger partial charge is 0.451 e. The zero-order valence-corrected chi connectivity index (χ0v) is 15.6. The van der Waals surface area contributed by atoms with Gasteiger partial charge in [0.15, 0.2) is 12.3 Å². The Kier molecular flexibility index (Phi) is 6.48. The number of ether oxygens (including phenoxy) is 2. The zero-order valence-electron chi connectivity index (χ0n) is 12.6. The van der Waals surface area contributed by atoms with Crippen LogP contribution >= 0.6 is 33.9 Å². The normalized spacial score (nSPS) is 10.4. The predicted molar refractivity (Wildman–Crippen MR) is 95.6 cm³/mol. The number of thiazole rings is 1. The lowest BCUT2D eigenvalue weighted by Gasteiger charge is -2.08. The molecule has 122 valence electrons. The summed E-state index contributed by atoms with van der Waals surface area (Å²) >= 11 is 3.50. The van der Waals surface area contributed by atoms with Gasteiger partial charge in [0.1, 0.15) is 5.01 Å². The van der Waals surface area contributed by atoms with Gasteiger partial charge in [-0.05, 0) is 53.3 Å². The van der Waals surface area contributed by atoms with E-state index in [0.717, 1.165) is 9.13 Å². The molecule has 2 aromatic rings. The Balaban J connectivity index is 1.86. The number of rotatable bonds is 6. The molecule has 0 aliphatic carbocycles. The van der Waals surface area contributed by atoms with E-state index in [9.17, 15) is 9.59 Å². The molecule has 0 saturated heterocycles. The third-order valence-corrected chi connectivity index (χ3v) is 4.32. The molecule has 0 aliphatic rings. The molecule has 0 bridgehead atoms. The van der Waals surface area contributed by atoms with Crippen LogP contribution in [0, 0.1) is 10.5 Å². The van der Waals surface area contributed by atoms with E-state index in [-0.39, 0.29) is 12.3 Å². The molecule has 1 aromatic heterocycles. The van der Waals surface area contributed by atoms with Crippen LogP contribution in [0.2, 0.25) is 0 Å². The van der Waals surface area contributed by atoms with E-state index in [1.54, 1.807) is 12.5 Å². The first-order valence-electron chi connectivity index (χ1n) is 6.66. The van der Waals surface area contributed by atoms with Gasteiger partial charge < -0.3 is 14.8 Å². The molecular weight excluding hydrogens is 431 g/mol. The number of carbonyl (C=O) groups is 2. The van der Waals surface area contributed by atoms with Crippen LogP contribution < -0.4 is 5.32 Å². The lowest BCUT2D eigenvalue weighted by molar-refractivity contribution is -0.119. The summed E-state index contributed by atoms with van der Waals surface area (Å²) in [5.74, 6) is -1.02. The molecule has 6 nitrogen and oxygen atoms in total. The molecule has 1 heterocycles. The van der Waals surface area contributed by atoms with Crippen LogP contribution in [-0.2, 0) is 20.9 Å². The lowest BCUT2D eigenvalue weighted by Crippen LogP contribution is -2.21. The lowest BCUT2D eigenvalue weighted by atomic mass is 10.2. The fraction of sp³-hybridized carbons (Fsp3) is 0.267. The molecule has 1 amide bonds. The van der Waals surface area contributed by atoms with Crippen LogP contribution in [-0.4, -0.2) is 30.6 Å². The maximum Gasteiger partial charge on any atom is 0.358 e. The Morgan fingerprint density at radius 2 is 2.17 bits per heavy atom. The minimum atomic E-state index is -0.627. The summed E-state index contributed by atoms with van der Waals surface area (Å²) in [6, 6.07) is 5.66. The number of nitrogens with zero attached hydrogens (tertiary/aromatic N) is 1. The van der Waals surface area contributed by atoms with Crippen molar-refractivity contribution < 1.29 is 19.1 Å². The molecule has 0 unspecified atom stereocenters. The number of carbonyl (C=O) groups excluding carboxylic acids is 2. The van der Waals surface area contributed by atoms with Crippen molar-refractivity contribution in [1.82, 2.24) is 4.98 Å². The Labute approximate surface area is 151 Å². The van der Waals surface area contributed by atoms with Gasteiger partial charge in [0, 0.05) is 21.7 Å². The summed E-state index contributed by atoms with van der Waals surface area (Å²) in [6.07, 6.45) is 0. The van der Waals surface area contributed by atoms with Gasteiger partial charge >= 0.3 is 5.97 Å². The van der Waals surface area contributed by atoms with Crippen molar-refractivity contribution >= 4 is 51.5 Å². The van der Waals surface area contributed by atoms with Crippen molar-refractivity contribution in [3.05, 3.63) is 43.4 Å². The third-order valence-electron chi connectivity index (χ3n) is 2.83. The molecular formula is C15H15IN2O4S. The number of anilines is 1. The van der Waals surface area contributed by atoms with E-state index in [4.69, 9.17) is 9.47 Å². The van der Waals surface area contributed by atoms with E-state index < -0.39 is 11.9 Å². The average Bonchev–Trinajstić information content (AvgIpc) is 2.97. The number of amides is 1. The first-order chi connectivity index (χ1) is 11.0. The summed E-state index contributed by atoms with van der Waals surface area (Å²) in [5, 5.41) is 4.97. The number of halogens is 1. The van der Waals surface area contributed by atoms with Crippen molar-refractivity contribution in [2.24, 2.45) is 0 Å². The van der Waals surface area contributed by atoms with Gasteiger partial charge in [-0.2, -0.15) is 0 Å². The van der Waals surface area contributed by atoms with Gasteiger partial charge in [0.2, 0.25) is 0 Å². The van der Waals surface area contributed by atoms with E-state index in [1.807, 2.05) is 25.1 Å². The number of aryl methyl sites for hydroxylation is 1. The maximum absolute atomic E-state index is 11.9. The Hall–Kier alpha value is -1.52. The highest BCUT2D eigenvalue weighted by atomic mass is 127. The van der Waals surface area contributed by atoms with Crippen LogP contribution in [0.1, 0.15) is 21.1 Å². The number of esters is 1. The third kappa shape index (κ3) is 5.26. The SMILES string of the molecule is COCc1nc(C(=O)OCC(=O)Nc2ccc(I)cc2C)cs1. The zero-order chi connectivity index (χ0) is 16.8. The molecule has 1 N–H and O–H groups in total. The predicted octanol–water partition coefficient (Wildman–Crippen LogP) is 3.00. The molecule has 1 aromatic carbocycles. The van der Waals surface area contributed by atoms with Crippen LogP contribution in [0.25, 0.3) is 0 Å². The van der Waals surface area contributed by atoms with Gasteiger partial charge in [-0.1, -0.05) is 0 Å². The van der Waals surface area contributed by atoms with Crippen molar-refractivity contribution in [3.63, 3.8) is 0 Å². The van der Waals surface area contributed by atoms with E-state index in [0.29, 0.717) is 17.3 Å². The summed E-state index contributed by atoms with van der Waals surface area (Å²) in [7, 11) is 1.55. The molecule has 8 heteroatoms. The number of hydrogen-bond acceptors (Lipinski definition) is 6. The fourth-order valence-electron chi connectivity index (χ4n) is 1.75. The summed E-state index contributed by atoms with van der Waals surface area (Å²) in [4.78, 5) is 27.8. The Morgan fingerprint density at radius 3 is 2.87 bits per heavy atom. The summed E-state index contributed by atoms with van der Waals surface area (Å²) in [6.45, 7) is 1.88. The van der Waals surface area contributed by atoms with Gasteiger partial charge in [-0.15, -0.1) is 11.3 Å². The quantitative estimate of drug-likeness (QED) is 0.546. The second-order valence-corrected chi connectivity index (χ2v) is 6.83. The number of nitrogens with one attached hydrogen (secondary N) is 1. The van der Waals surface area contributed by atoms with Crippen molar-refractivity contribution in [2.45, 2.75) is 13.5 Å². The Morgan fingerprint density at radius 1 is 1.39 bits per heavy atom. The average molecular weight is 446 g/mol. The van der Waals surface area contributed by atoms with Gasteiger partial charge in [-0.3, -0.25) is 4.79 Å². The van der Waals surface area contributed by atoms with Crippen molar-refractivity contribution in [2.75, 3.05) is 19.0 Å². The molecule has 2 rings (SSSR count). The molecule has 0 aliphatic heterocycles. The minimum Gasteiger partial charge on any atom is -0.451 e. The minimum absolute atomic E-state index is 0.181. The standard InChI is InChI=1S/C15H15IN2O4S/c1-9-5-10(16)3-4-11(9)17-13(19)6-22-15(20)12-8-23-14(18-12)7-21-2/h3-5,8H,6-7H2,1-2H3,(H,17,19). The molecule has 0 fully saturated rings. The molecule has 0 radical (unpaired) electrons. The fourth-order valence-corrected chi connectivity index (χ4v) is 3.13. The van der Waals surface area contributed by atoms with E-state index in [2.05, 4.69) is 32.9 Å². The van der Waals surface area contributed by atoms with Crippen LogP contribution in [0.15, 0.2) is 23.6 Å². The van der Waals surface area contributed by atoms with Gasteiger partial charge in [-0.25, -0.2) is 9.78 Å². The first kappa shape index (κ1) is 17.8. The second-order valence-electron chi connectivity index (χ2n) is 4.64. The van der Waals surface area contributed by atoms with E-state index >= 15 is 0 Å². The van der Waals surface area contributed by atoms with E-state index in [1.165, 1.54) is 11.3 Å².